The van der Waals surface area contributed by atoms with Crippen molar-refractivity contribution in [3.63, 3.8) is 0 Å². The normalized spacial score (nSPS) is 10.9. The SMILES string of the molecule is Fc1ccc(-c2c(Br)cnc3ccc(Br)cc23)cc1. The largest absolute Gasteiger partial charge is 0.255 e. The van der Waals surface area contributed by atoms with Crippen molar-refractivity contribution in [2.75, 3.05) is 0 Å². The highest BCUT2D eigenvalue weighted by Gasteiger charge is 2.10. The molecule has 94 valence electrons. The van der Waals surface area contributed by atoms with Gasteiger partial charge in [0.25, 0.3) is 0 Å². The van der Waals surface area contributed by atoms with Gasteiger partial charge in [0.05, 0.1) is 5.52 Å². The van der Waals surface area contributed by atoms with Crippen LogP contribution in [0.2, 0.25) is 0 Å². The summed E-state index contributed by atoms with van der Waals surface area (Å²) < 4.78 is 14.9. The zero-order valence-electron chi connectivity index (χ0n) is 9.70. The van der Waals surface area contributed by atoms with E-state index in [4.69, 9.17) is 0 Å². The molecule has 19 heavy (non-hydrogen) atoms. The fourth-order valence-electron chi connectivity index (χ4n) is 2.05. The first-order chi connectivity index (χ1) is 9.15. The number of hydrogen-bond donors (Lipinski definition) is 0. The topological polar surface area (TPSA) is 12.9 Å². The van der Waals surface area contributed by atoms with Crippen molar-refractivity contribution in [1.82, 2.24) is 4.98 Å². The van der Waals surface area contributed by atoms with Gasteiger partial charge in [0.1, 0.15) is 5.82 Å². The lowest BCUT2D eigenvalue weighted by Gasteiger charge is -2.09. The summed E-state index contributed by atoms with van der Waals surface area (Å²) in [6.07, 6.45) is 1.77. The molecule has 0 atom stereocenters. The molecular weight excluding hydrogens is 373 g/mol. The highest BCUT2D eigenvalue weighted by molar-refractivity contribution is 9.10. The lowest BCUT2D eigenvalue weighted by Crippen LogP contribution is -1.87. The maximum atomic E-state index is 13.0. The lowest BCUT2D eigenvalue weighted by molar-refractivity contribution is 0.628. The fourth-order valence-corrected chi connectivity index (χ4v) is 2.96. The van der Waals surface area contributed by atoms with Crippen molar-refractivity contribution in [2.24, 2.45) is 0 Å². The second-order valence-electron chi connectivity index (χ2n) is 4.15. The third-order valence-corrected chi connectivity index (χ3v) is 4.01. The number of pyridine rings is 1. The third-order valence-electron chi connectivity index (χ3n) is 2.92. The van der Waals surface area contributed by atoms with Crippen molar-refractivity contribution < 1.29 is 4.39 Å². The molecule has 0 saturated carbocycles. The number of halogens is 3. The lowest BCUT2D eigenvalue weighted by atomic mass is 10.0. The third kappa shape index (κ3) is 2.42. The fraction of sp³-hybridized carbons (Fsp3) is 0. The Bertz CT molecular complexity index is 749. The second kappa shape index (κ2) is 5.02. The van der Waals surface area contributed by atoms with Crippen LogP contribution in [0.4, 0.5) is 4.39 Å². The van der Waals surface area contributed by atoms with Crippen LogP contribution in [0.3, 0.4) is 0 Å². The van der Waals surface area contributed by atoms with Crippen LogP contribution in [0.5, 0.6) is 0 Å². The van der Waals surface area contributed by atoms with Gasteiger partial charge >= 0.3 is 0 Å². The molecule has 0 aliphatic heterocycles. The number of nitrogens with zero attached hydrogens (tertiary/aromatic N) is 1. The van der Waals surface area contributed by atoms with Crippen molar-refractivity contribution >= 4 is 42.8 Å². The molecule has 1 aromatic heterocycles. The smallest absolute Gasteiger partial charge is 0.123 e. The molecule has 0 fully saturated rings. The summed E-state index contributed by atoms with van der Waals surface area (Å²) in [4.78, 5) is 4.38. The highest BCUT2D eigenvalue weighted by Crippen LogP contribution is 2.35. The molecule has 0 radical (unpaired) electrons. The Kier molecular flexibility index (Phi) is 3.37. The first-order valence-electron chi connectivity index (χ1n) is 5.65. The Balaban J connectivity index is 2.35. The number of hydrogen-bond acceptors (Lipinski definition) is 1. The van der Waals surface area contributed by atoms with Crippen LogP contribution in [-0.4, -0.2) is 4.98 Å². The Hall–Kier alpha value is -1.26. The van der Waals surface area contributed by atoms with Crippen LogP contribution < -0.4 is 0 Å². The average molecular weight is 381 g/mol. The number of benzene rings is 2. The van der Waals surface area contributed by atoms with Gasteiger partial charge in [-0.05, 0) is 51.8 Å². The molecule has 0 aliphatic rings. The summed E-state index contributed by atoms with van der Waals surface area (Å²) in [5.74, 6) is -0.237. The standard InChI is InChI=1S/C15H8Br2FN/c16-10-3-6-14-12(7-10)15(13(17)8-19-14)9-1-4-11(18)5-2-9/h1-8H. The monoisotopic (exact) mass is 379 g/mol. The van der Waals surface area contributed by atoms with E-state index in [-0.39, 0.29) is 5.82 Å². The van der Waals surface area contributed by atoms with Crippen molar-refractivity contribution in [3.8, 4) is 11.1 Å². The van der Waals surface area contributed by atoms with Crippen LogP contribution in [-0.2, 0) is 0 Å². The minimum atomic E-state index is -0.237. The Morgan fingerprint density at radius 1 is 0.947 bits per heavy atom. The quantitative estimate of drug-likeness (QED) is 0.538. The van der Waals surface area contributed by atoms with Gasteiger partial charge in [-0.2, -0.15) is 0 Å². The summed E-state index contributed by atoms with van der Waals surface area (Å²) in [6.45, 7) is 0. The maximum Gasteiger partial charge on any atom is 0.123 e. The molecule has 0 amide bonds. The maximum absolute atomic E-state index is 13.0. The van der Waals surface area contributed by atoms with Crippen LogP contribution >= 0.6 is 31.9 Å². The molecule has 0 saturated heterocycles. The van der Waals surface area contributed by atoms with Crippen molar-refractivity contribution in [2.45, 2.75) is 0 Å². The van der Waals surface area contributed by atoms with Gasteiger partial charge in [0, 0.05) is 26.1 Å². The molecular formula is C15H8Br2FN. The number of aromatic nitrogens is 1. The first kappa shape index (κ1) is 12.8. The van der Waals surface area contributed by atoms with Gasteiger partial charge in [-0.1, -0.05) is 28.1 Å². The van der Waals surface area contributed by atoms with Gasteiger partial charge in [-0.3, -0.25) is 4.98 Å². The molecule has 4 heteroatoms. The molecule has 0 bridgehead atoms. The number of fused-ring (bicyclic) bond motifs is 1. The van der Waals surface area contributed by atoms with Crippen LogP contribution in [0.15, 0.2) is 57.6 Å². The predicted molar refractivity (Wildman–Crippen MR) is 82.5 cm³/mol. The number of rotatable bonds is 1. The van der Waals surface area contributed by atoms with Gasteiger partial charge in [0.2, 0.25) is 0 Å². The highest BCUT2D eigenvalue weighted by atomic mass is 79.9. The van der Waals surface area contributed by atoms with E-state index in [2.05, 4.69) is 36.8 Å². The molecule has 2 aromatic carbocycles. The van der Waals surface area contributed by atoms with E-state index in [0.29, 0.717) is 0 Å². The van der Waals surface area contributed by atoms with E-state index in [1.807, 2.05) is 18.2 Å². The zero-order valence-corrected chi connectivity index (χ0v) is 12.9. The van der Waals surface area contributed by atoms with Gasteiger partial charge in [-0.25, -0.2) is 4.39 Å². The minimum absolute atomic E-state index is 0.237. The van der Waals surface area contributed by atoms with Crippen molar-refractivity contribution in [1.29, 1.82) is 0 Å². The first-order valence-corrected chi connectivity index (χ1v) is 7.23. The van der Waals surface area contributed by atoms with Gasteiger partial charge in [-0.15, -0.1) is 0 Å². The van der Waals surface area contributed by atoms with Crippen LogP contribution in [0.25, 0.3) is 22.0 Å². The van der Waals surface area contributed by atoms with Gasteiger partial charge in [0.15, 0.2) is 0 Å². The summed E-state index contributed by atoms with van der Waals surface area (Å²) in [5, 5.41) is 1.02. The Morgan fingerprint density at radius 3 is 2.42 bits per heavy atom. The molecule has 0 unspecified atom stereocenters. The molecule has 0 N–H and O–H groups in total. The van der Waals surface area contributed by atoms with E-state index >= 15 is 0 Å². The molecule has 1 heterocycles. The average Bonchev–Trinajstić information content (AvgIpc) is 2.40. The minimum Gasteiger partial charge on any atom is -0.255 e. The molecule has 1 nitrogen and oxygen atoms in total. The summed E-state index contributed by atoms with van der Waals surface area (Å²) in [7, 11) is 0. The summed E-state index contributed by atoms with van der Waals surface area (Å²) in [5.41, 5.74) is 2.89. The van der Waals surface area contributed by atoms with E-state index in [9.17, 15) is 4.39 Å². The van der Waals surface area contributed by atoms with Crippen molar-refractivity contribution in [3.05, 3.63) is 63.4 Å². The predicted octanol–water partition coefficient (Wildman–Crippen LogP) is 5.57. The van der Waals surface area contributed by atoms with E-state index in [1.165, 1.54) is 12.1 Å². The molecule has 3 aromatic rings. The van der Waals surface area contributed by atoms with E-state index in [1.54, 1.807) is 18.3 Å². The van der Waals surface area contributed by atoms with Crippen LogP contribution in [0.1, 0.15) is 0 Å². The molecule has 3 rings (SSSR count). The Morgan fingerprint density at radius 2 is 1.68 bits per heavy atom. The van der Waals surface area contributed by atoms with E-state index in [0.717, 1.165) is 31.0 Å². The van der Waals surface area contributed by atoms with E-state index < -0.39 is 0 Å². The Labute approximate surface area is 126 Å². The zero-order chi connectivity index (χ0) is 13.4. The van der Waals surface area contributed by atoms with Crippen LogP contribution in [0, 0.1) is 5.82 Å². The second-order valence-corrected chi connectivity index (χ2v) is 5.92. The molecule has 0 aliphatic carbocycles. The summed E-state index contributed by atoms with van der Waals surface area (Å²) in [6, 6.07) is 12.4. The molecule has 0 spiro atoms. The summed E-state index contributed by atoms with van der Waals surface area (Å²) >= 11 is 7.00. The van der Waals surface area contributed by atoms with Gasteiger partial charge < -0.3 is 0 Å².